The van der Waals surface area contributed by atoms with E-state index in [9.17, 15) is 9.18 Å². The SMILES string of the molecule is O=C(c1ccncc1F)N1[C@H]2CC[C@H]1c1ccccc12. The molecule has 0 radical (unpaired) electrons. The second-order valence-electron chi connectivity index (χ2n) is 5.31. The van der Waals surface area contributed by atoms with E-state index in [4.69, 9.17) is 0 Å². The number of aromatic nitrogens is 1. The van der Waals surface area contributed by atoms with Crippen molar-refractivity contribution in [2.45, 2.75) is 24.9 Å². The van der Waals surface area contributed by atoms with Gasteiger partial charge in [0.1, 0.15) is 0 Å². The first-order chi connectivity index (χ1) is 9.77. The fraction of sp³-hybridized carbons (Fsp3) is 0.250. The summed E-state index contributed by atoms with van der Waals surface area (Å²) >= 11 is 0. The molecule has 100 valence electrons. The van der Waals surface area contributed by atoms with Crippen LogP contribution >= 0.6 is 0 Å². The van der Waals surface area contributed by atoms with Crippen LogP contribution in [0.1, 0.15) is 46.4 Å². The lowest BCUT2D eigenvalue weighted by molar-refractivity contribution is 0.0692. The monoisotopic (exact) mass is 268 g/mol. The Bertz CT molecular complexity index is 669. The molecule has 1 aromatic heterocycles. The van der Waals surface area contributed by atoms with Crippen molar-refractivity contribution in [1.29, 1.82) is 0 Å². The molecule has 4 heteroatoms. The van der Waals surface area contributed by atoms with Gasteiger partial charge in [-0.1, -0.05) is 24.3 Å². The number of fused-ring (bicyclic) bond motifs is 5. The molecule has 4 rings (SSSR count). The van der Waals surface area contributed by atoms with Crippen LogP contribution in [0.3, 0.4) is 0 Å². The van der Waals surface area contributed by atoms with Crippen LogP contribution in [0.4, 0.5) is 4.39 Å². The summed E-state index contributed by atoms with van der Waals surface area (Å²) in [5, 5.41) is 0. The summed E-state index contributed by atoms with van der Waals surface area (Å²) < 4.78 is 13.8. The van der Waals surface area contributed by atoms with Gasteiger partial charge in [-0.05, 0) is 30.0 Å². The molecule has 2 bridgehead atoms. The van der Waals surface area contributed by atoms with Gasteiger partial charge in [0.15, 0.2) is 5.82 Å². The Kier molecular flexibility index (Phi) is 2.39. The van der Waals surface area contributed by atoms with Crippen LogP contribution in [0.15, 0.2) is 42.7 Å². The van der Waals surface area contributed by atoms with Crippen molar-refractivity contribution in [3.63, 3.8) is 0 Å². The molecule has 0 spiro atoms. The fourth-order valence-electron chi connectivity index (χ4n) is 3.51. The van der Waals surface area contributed by atoms with E-state index in [1.165, 1.54) is 23.4 Å². The van der Waals surface area contributed by atoms with Crippen molar-refractivity contribution in [3.8, 4) is 0 Å². The topological polar surface area (TPSA) is 33.2 Å². The predicted octanol–water partition coefficient (Wildman–Crippen LogP) is 3.25. The first kappa shape index (κ1) is 11.6. The fourth-order valence-corrected chi connectivity index (χ4v) is 3.51. The Morgan fingerprint density at radius 2 is 1.80 bits per heavy atom. The quantitative estimate of drug-likeness (QED) is 0.795. The summed E-state index contributed by atoms with van der Waals surface area (Å²) in [6.07, 6.45) is 4.47. The predicted molar refractivity (Wildman–Crippen MR) is 71.5 cm³/mol. The number of amides is 1. The smallest absolute Gasteiger partial charge is 0.257 e. The Hall–Kier alpha value is -2.23. The number of carbonyl (C=O) groups excluding carboxylic acids is 1. The van der Waals surface area contributed by atoms with E-state index < -0.39 is 5.82 Å². The third-order valence-electron chi connectivity index (χ3n) is 4.34. The number of hydrogen-bond donors (Lipinski definition) is 0. The maximum atomic E-state index is 13.8. The average Bonchev–Trinajstić information content (AvgIpc) is 3.04. The second-order valence-corrected chi connectivity index (χ2v) is 5.31. The molecule has 1 saturated heterocycles. The van der Waals surface area contributed by atoms with E-state index >= 15 is 0 Å². The molecule has 0 saturated carbocycles. The third-order valence-corrected chi connectivity index (χ3v) is 4.34. The van der Waals surface area contributed by atoms with Gasteiger partial charge >= 0.3 is 0 Å². The zero-order valence-corrected chi connectivity index (χ0v) is 10.8. The molecular formula is C16H13FN2O. The van der Waals surface area contributed by atoms with Crippen molar-refractivity contribution >= 4 is 5.91 Å². The van der Waals surface area contributed by atoms with E-state index in [2.05, 4.69) is 17.1 Å². The molecule has 1 amide bonds. The standard InChI is InChI=1S/C16H13FN2O/c17-13-9-18-8-7-12(13)16(20)19-14-5-6-15(19)11-4-2-1-3-10(11)14/h1-4,7-9,14-15H,5-6H2/t14-,15-/m0/s1. The molecule has 3 nitrogen and oxygen atoms in total. The minimum atomic E-state index is -0.548. The van der Waals surface area contributed by atoms with Crippen LogP contribution < -0.4 is 0 Å². The Morgan fingerprint density at radius 3 is 2.40 bits per heavy atom. The minimum Gasteiger partial charge on any atom is -0.324 e. The van der Waals surface area contributed by atoms with Crippen molar-refractivity contribution < 1.29 is 9.18 Å². The molecule has 2 aromatic rings. The van der Waals surface area contributed by atoms with Gasteiger partial charge in [-0.3, -0.25) is 9.78 Å². The molecule has 0 unspecified atom stereocenters. The van der Waals surface area contributed by atoms with Crippen LogP contribution in [0, 0.1) is 5.82 Å². The number of halogens is 1. The first-order valence-electron chi connectivity index (χ1n) is 6.78. The largest absolute Gasteiger partial charge is 0.324 e. The molecule has 1 fully saturated rings. The molecule has 3 heterocycles. The summed E-state index contributed by atoms with van der Waals surface area (Å²) in [7, 11) is 0. The van der Waals surface area contributed by atoms with Crippen molar-refractivity contribution in [2.75, 3.05) is 0 Å². The summed E-state index contributed by atoms with van der Waals surface area (Å²) in [4.78, 5) is 18.2. The van der Waals surface area contributed by atoms with Gasteiger partial charge in [0.05, 0.1) is 23.8 Å². The molecule has 1 aromatic carbocycles. The lowest BCUT2D eigenvalue weighted by Gasteiger charge is -2.22. The lowest BCUT2D eigenvalue weighted by atomic mass is 9.92. The van der Waals surface area contributed by atoms with E-state index in [1.54, 1.807) is 0 Å². The van der Waals surface area contributed by atoms with Gasteiger partial charge in [0.2, 0.25) is 0 Å². The summed E-state index contributed by atoms with van der Waals surface area (Å²) in [5.41, 5.74) is 2.54. The third kappa shape index (κ3) is 1.45. The summed E-state index contributed by atoms with van der Waals surface area (Å²) in [6.45, 7) is 0. The number of carbonyl (C=O) groups is 1. The van der Waals surface area contributed by atoms with Gasteiger partial charge in [-0.25, -0.2) is 4.39 Å². The normalized spacial score (nSPS) is 22.9. The molecule has 2 aliphatic heterocycles. The van der Waals surface area contributed by atoms with Crippen LogP contribution in [-0.2, 0) is 0 Å². The van der Waals surface area contributed by atoms with Crippen LogP contribution in [0.5, 0.6) is 0 Å². The lowest BCUT2D eigenvalue weighted by Crippen LogP contribution is -2.28. The number of hydrogen-bond acceptors (Lipinski definition) is 2. The van der Waals surface area contributed by atoms with Crippen molar-refractivity contribution in [1.82, 2.24) is 9.88 Å². The highest BCUT2D eigenvalue weighted by atomic mass is 19.1. The van der Waals surface area contributed by atoms with E-state index in [-0.39, 0.29) is 23.6 Å². The zero-order chi connectivity index (χ0) is 13.7. The summed E-state index contributed by atoms with van der Waals surface area (Å²) in [6, 6.07) is 9.78. The molecular weight excluding hydrogens is 255 g/mol. The molecule has 0 aliphatic carbocycles. The number of rotatable bonds is 1. The number of pyridine rings is 1. The van der Waals surface area contributed by atoms with E-state index in [0.29, 0.717) is 0 Å². The number of benzene rings is 1. The van der Waals surface area contributed by atoms with Crippen LogP contribution in [0.25, 0.3) is 0 Å². The maximum Gasteiger partial charge on any atom is 0.257 e. The van der Waals surface area contributed by atoms with Gasteiger partial charge in [-0.15, -0.1) is 0 Å². The Balaban J connectivity index is 1.76. The summed E-state index contributed by atoms with van der Waals surface area (Å²) in [5.74, 6) is -0.776. The highest BCUT2D eigenvalue weighted by Crippen LogP contribution is 2.53. The molecule has 0 N–H and O–H groups in total. The van der Waals surface area contributed by atoms with Crippen molar-refractivity contribution in [3.05, 3.63) is 65.2 Å². The van der Waals surface area contributed by atoms with Gasteiger partial charge in [0, 0.05) is 6.20 Å². The average molecular weight is 268 g/mol. The highest BCUT2D eigenvalue weighted by Gasteiger charge is 2.46. The van der Waals surface area contributed by atoms with Gasteiger partial charge in [-0.2, -0.15) is 0 Å². The maximum absolute atomic E-state index is 13.8. The Morgan fingerprint density at radius 1 is 1.15 bits per heavy atom. The second kappa shape index (κ2) is 4.13. The zero-order valence-electron chi connectivity index (χ0n) is 10.8. The van der Waals surface area contributed by atoms with E-state index in [0.717, 1.165) is 19.0 Å². The minimum absolute atomic E-state index is 0.0938. The molecule has 2 atom stereocenters. The van der Waals surface area contributed by atoms with E-state index in [1.807, 2.05) is 17.0 Å². The van der Waals surface area contributed by atoms with Crippen LogP contribution in [0.2, 0.25) is 0 Å². The van der Waals surface area contributed by atoms with Gasteiger partial charge in [0.25, 0.3) is 5.91 Å². The van der Waals surface area contributed by atoms with Crippen molar-refractivity contribution in [2.24, 2.45) is 0 Å². The first-order valence-corrected chi connectivity index (χ1v) is 6.78. The van der Waals surface area contributed by atoms with Crippen LogP contribution in [-0.4, -0.2) is 15.8 Å². The van der Waals surface area contributed by atoms with Gasteiger partial charge < -0.3 is 4.90 Å². The number of nitrogens with zero attached hydrogens (tertiary/aromatic N) is 2. The molecule has 2 aliphatic rings. The Labute approximate surface area is 116 Å². The molecule has 20 heavy (non-hydrogen) atoms. The highest BCUT2D eigenvalue weighted by molar-refractivity contribution is 5.95.